The van der Waals surface area contributed by atoms with Gasteiger partial charge < -0.3 is 24.8 Å². The molecule has 0 spiro atoms. The van der Waals surface area contributed by atoms with Crippen LogP contribution in [0.1, 0.15) is 15.9 Å². The molecule has 2 N–H and O–H groups in total. The number of halogens is 3. The van der Waals surface area contributed by atoms with Crippen molar-refractivity contribution in [2.24, 2.45) is 0 Å². The number of hydrogen-bond donors (Lipinski definition) is 2. The van der Waals surface area contributed by atoms with Crippen molar-refractivity contribution in [3.63, 3.8) is 0 Å². The van der Waals surface area contributed by atoms with E-state index in [1.807, 2.05) is 0 Å². The van der Waals surface area contributed by atoms with E-state index >= 15 is 0 Å². The number of benzene rings is 3. The fourth-order valence-corrected chi connectivity index (χ4v) is 3.08. The van der Waals surface area contributed by atoms with Crippen molar-refractivity contribution in [2.45, 2.75) is 6.18 Å². The lowest BCUT2D eigenvalue weighted by atomic mass is 10.1. The third-order valence-corrected chi connectivity index (χ3v) is 4.61. The summed E-state index contributed by atoms with van der Waals surface area (Å²) >= 11 is 0. The molecular weight excluding hydrogens is 441 g/mol. The van der Waals surface area contributed by atoms with Crippen molar-refractivity contribution in [1.82, 2.24) is 0 Å². The van der Waals surface area contributed by atoms with Gasteiger partial charge in [-0.2, -0.15) is 13.2 Å². The van der Waals surface area contributed by atoms with Crippen LogP contribution in [0.15, 0.2) is 66.7 Å². The average molecular weight is 458 g/mol. The number of nitrogens with one attached hydrogen (secondary N) is 2. The summed E-state index contributed by atoms with van der Waals surface area (Å²) in [6, 6.07) is 15.5. The summed E-state index contributed by atoms with van der Waals surface area (Å²) in [5.74, 6) is -0.347. The molecule has 10 heteroatoms. The topological polar surface area (TPSA) is 85.9 Å². The molecule has 1 aliphatic heterocycles. The maximum atomic E-state index is 13.0. The van der Waals surface area contributed by atoms with Gasteiger partial charge in [0.25, 0.3) is 5.91 Å². The van der Waals surface area contributed by atoms with Gasteiger partial charge in [-0.1, -0.05) is 18.2 Å². The molecule has 0 aromatic heterocycles. The Hall–Kier alpha value is -4.21. The summed E-state index contributed by atoms with van der Waals surface area (Å²) in [6.45, 7) is -0.469. The van der Waals surface area contributed by atoms with E-state index in [2.05, 4.69) is 10.6 Å². The molecule has 0 unspecified atom stereocenters. The summed E-state index contributed by atoms with van der Waals surface area (Å²) < 4.78 is 54.4. The van der Waals surface area contributed by atoms with E-state index in [9.17, 15) is 22.8 Å². The first kappa shape index (κ1) is 22.0. The van der Waals surface area contributed by atoms with Crippen molar-refractivity contribution in [3.8, 4) is 11.5 Å². The Bertz CT molecular complexity index is 1200. The van der Waals surface area contributed by atoms with Crippen LogP contribution >= 0.6 is 0 Å². The van der Waals surface area contributed by atoms with Gasteiger partial charge in [0.15, 0.2) is 18.1 Å². The largest absolute Gasteiger partial charge is 0.454 e. The fraction of sp³-hybridized carbons (Fsp3) is 0.130. The standard InChI is InChI=1S/C23H17F3N2O5/c24-23(25,26)14-4-3-5-15(10-14)27-18-7-2-1-6-17(18)22(30)31-12-21(29)28-16-8-9-19-20(11-16)33-13-32-19/h1-11,27H,12-13H2,(H,28,29). The molecule has 4 rings (SSSR count). The first-order valence-electron chi connectivity index (χ1n) is 9.69. The van der Waals surface area contributed by atoms with Gasteiger partial charge in [-0.15, -0.1) is 0 Å². The highest BCUT2D eigenvalue weighted by molar-refractivity contribution is 5.99. The Morgan fingerprint density at radius 2 is 1.70 bits per heavy atom. The number of para-hydroxylation sites is 1. The number of anilines is 3. The van der Waals surface area contributed by atoms with Gasteiger partial charge in [0, 0.05) is 17.4 Å². The zero-order valence-electron chi connectivity index (χ0n) is 16.9. The second-order valence-corrected chi connectivity index (χ2v) is 6.94. The number of fused-ring (bicyclic) bond motifs is 1. The van der Waals surface area contributed by atoms with Crippen molar-refractivity contribution >= 4 is 28.9 Å². The molecule has 0 saturated carbocycles. The van der Waals surface area contributed by atoms with E-state index in [4.69, 9.17) is 14.2 Å². The molecule has 0 atom stereocenters. The number of ether oxygens (including phenoxy) is 3. The third-order valence-electron chi connectivity index (χ3n) is 4.61. The maximum absolute atomic E-state index is 13.0. The van der Waals surface area contributed by atoms with Crippen molar-refractivity contribution in [3.05, 3.63) is 77.9 Å². The second-order valence-electron chi connectivity index (χ2n) is 6.94. The highest BCUT2D eigenvalue weighted by Crippen LogP contribution is 2.34. The van der Waals surface area contributed by atoms with E-state index in [1.165, 1.54) is 24.3 Å². The van der Waals surface area contributed by atoms with Gasteiger partial charge >= 0.3 is 12.1 Å². The number of alkyl halides is 3. The van der Waals surface area contributed by atoms with Crippen LogP contribution < -0.4 is 20.1 Å². The molecule has 7 nitrogen and oxygen atoms in total. The lowest BCUT2D eigenvalue weighted by molar-refractivity contribution is -0.137. The first-order chi connectivity index (χ1) is 15.8. The second kappa shape index (κ2) is 9.11. The number of carbonyl (C=O) groups is 2. The quantitative estimate of drug-likeness (QED) is 0.507. The first-order valence-corrected chi connectivity index (χ1v) is 9.69. The maximum Gasteiger partial charge on any atom is 0.416 e. The lowest BCUT2D eigenvalue weighted by Crippen LogP contribution is -2.21. The fourth-order valence-electron chi connectivity index (χ4n) is 3.08. The van der Waals surface area contributed by atoms with Gasteiger partial charge in [-0.25, -0.2) is 4.79 Å². The molecule has 0 bridgehead atoms. The van der Waals surface area contributed by atoms with Crippen LogP contribution in [0.25, 0.3) is 0 Å². The van der Waals surface area contributed by atoms with Gasteiger partial charge in [0.05, 0.1) is 16.8 Å². The Balaban J connectivity index is 1.39. The average Bonchev–Trinajstić information content (AvgIpc) is 3.25. The van der Waals surface area contributed by atoms with Crippen molar-refractivity contribution in [1.29, 1.82) is 0 Å². The normalized spacial score (nSPS) is 12.2. The molecule has 1 aliphatic rings. The van der Waals surface area contributed by atoms with Crippen LogP contribution in [0.2, 0.25) is 0 Å². The molecule has 3 aromatic rings. The van der Waals surface area contributed by atoms with Crippen LogP contribution in [-0.2, 0) is 15.7 Å². The number of carbonyl (C=O) groups excluding carboxylic acids is 2. The van der Waals surface area contributed by atoms with E-state index in [1.54, 1.807) is 30.3 Å². The molecule has 0 aliphatic carbocycles. The summed E-state index contributed by atoms with van der Waals surface area (Å²) in [6.07, 6.45) is -4.50. The van der Waals surface area contributed by atoms with Gasteiger partial charge in [-0.3, -0.25) is 4.79 Å². The highest BCUT2D eigenvalue weighted by atomic mass is 19.4. The zero-order valence-corrected chi connectivity index (χ0v) is 16.9. The van der Waals surface area contributed by atoms with Crippen LogP contribution in [-0.4, -0.2) is 25.3 Å². The number of rotatable bonds is 6. The Kier molecular flexibility index (Phi) is 6.07. The number of amides is 1. The minimum atomic E-state index is -4.50. The highest BCUT2D eigenvalue weighted by Gasteiger charge is 2.30. The monoisotopic (exact) mass is 458 g/mol. The zero-order chi connectivity index (χ0) is 23.4. The summed E-state index contributed by atoms with van der Waals surface area (Å²) in [4.78, 5) is 24.7. The van der Waals surface area contributed by atoms with Crippen molar-refractivity contribution < 1.29 is 37.0 Å². The third kappa shape index (κ3) is 5.35. The summed E-state index contributed by atoms with van der Waals surface area (Å²) in [7, 11) is 0. The van der Waals surface area contributed by atoms with Crippen LogP contribution in [0.5, 0.6) is 11.5 Å². The van der Waals surface area contributed by atoms with Crippen LogP contribution in [0.4, 0.5) is 30.2 Å². The van der Waals surface area contributed by atoms with Crippen LogP contribution in [0, 0.1) is 0 Å². The van der Waals surface area contributed by atoms with Crippen molar-refractivity contribution in [2.75, 3.05) is 24.0 Å². The predicted octanol–water partition coefficient (Wildman–Crippen LogP) is 4.97. The molecule has 1 amide bonds. The summed E-state index contributed by atoms with van der Waals surface area (Å²) in [5.41, 5.74) is 0.0501. The van der Waals surface area contributed by atoms with E-state index in [0.29, 0.717) is 17.2 Å². The van der Waals surface area contributed by atoms with Gasteiger partial charge in [0.1, 0.15) is 0 Å². The number of esters is 1. The molecule has 1 heterocycles. The Morgan fingerprint density at radius 3 is 2.52 bits per heavy atom. The van der Waals surface area contributed by atoms with Gasteiger partial charge in [0.2, 0.25) is 6.79 Å². The summed E-state index contributed by atoms with van der Waals surface area (Å²) in [5, 5.41) is 5.37. The predicted molar refractivity (Wildman–Crippen MR) is 113 cm³/mol. The molecular formula is C23H17F3N2O5. The SMILES string of the molecule is O=C(COC(=O)c1ccccc1Nc1cccc(C(F)(F)F)c1)Nc1ccc2c(c1)OCO2. The molecule has 170 valence electrons. The number of hydrogen-bond acceptors (Lipinski definition) is 6. The molecule has 0 fully saturated rings. The van der Waals surface area contributed by atoms with E-state index in [-0.39, 0.29) is 23.7 Å². The molecule has 33 heavy (non-hydrogen) atoms. The minimum Gasteiger partial charge on any atom is -0.454 e. The van der Waals surface area contributed by atoms with Gasteiger partial charge in [-0.05, 0) is 42.5 Å². The van der Waals surface area contributed by atoms with E-state index < -0.39 is 30.2 Å². The van der Waals surface area contributed by atoms with E-state index in [0.717, 1.165) is 12.1 Å². The minimum absolute atomic E-state index is 0.0609. The smallest absolute Gasteiger partial charge is 0.416 e. The van der Waals surface area contributed by atoms with Crippen LogP contribution in [0.3, 0.4) is 0 Å². The Labute approximate surface area is 186 Å². The Morgan fingerprint density at radius 1 is 0.909 bits per heavy atom. The molecule has 0 radical (unpaired) electrons. The molecule has 3 aromatic carbocycles. The molecule has 0 saturated heterocycles. The lowest BCUT2D eigenvalue weighted by Gasteiger charge is -2.13.